The number of carbonyl (C=O) groups excluding carboxylic acids is 2. The highest BCUT2D eigenvalue weighted by Crippen LogP contribution is 2.36. The number of hydrogen-bond donors (Lipinski definition) is 1. The molecule has 0 fully saturated rings. The molecule has 1 amide bonds. The molecule has 2 aromatic carbocycles. The summed E-state index contributed by atoms with van der Waals surface area (Å²) < 4.78 is 44.1. The number of hydrogen-bond acceptors (Lipinski definition) is 7. The van der Waals surface area contributed by atoms with Gasteiger partial charge in [-0.3, -0.25) is 9.69 Å². The third kappa shape index (κ3) is 6.25. The van der Waals surface area contributed by atoms with Crippen LogP contribution in [-0.4, -0.2) is 33.5 Å². The SMILES string of the molecule is CCOC(=O)C1=C(C)N(c2ccc(OCC)cc2)C(=O)/C1=C/c1ccc(CNS(=O)(=O)c2ccc(Cl)cc2)o1. The topological polar surface area (TPSA) is 115 Å². The predicted octanol–water partition coefficient (Wildman–Crippen LogP) is 5.08. The highest BCUT2D eigenvalue weighted by Gasteiger charge is 2.38. The number of benzene rings is 2. The molecule has 0 saturated carbocycles. The number of sulfonamides is 1. The van der Waals surface area contributed by atoms with E-state index in [1.54, 1.807) is 50.2 Å². The number of carbonyl (C=O) groups is 2. The van der Waals surface area contributed by atoms with Crippen molar-refractivity contribution in [3.8, 4) is 5.75 Å². The van der Waals surface area contributed by atoms with Gasteiger partial charge in [-0.2, -0.15) is 0 Å². The van der Waals surface area contributed by atoms with Crippen molar-refractivity contribution in [3.63, 3.8) is 0 Å². The molecule has 0 saturated heterocycles. The molecule has 1 aliphatic rings. The van der Waals surface area contributed by atoms with Crippen LogP contribution in [0.1, 0.15) is 32.3 Å². The first-order valence-corrected chi connectivity index (χ1v) is 14.0. The van der Waals surface area contributed by atoms with E-state index in [9.17, 15) is 18.0 Å². The Morgan fingerprint density at radius 2 is 1.72 bits per heavy atom. The minimum atomic E-state index is -3.80. The lowest BCUT2D eigenvalue weighted by Crippen LogP contribution is -2.24. The van der Waals surface area contributed by atoms with Gasteiger partial charge in [0.05, 0.1) is 35.8 Å². The van der Waals surface area contributed by atoms with Crippen LogP contribution in [0, 0.1) is 0 Å². The number of nitrogens with zero attached hydrogens (tertiary/aromatic N) is 1. The molecule has 9 nitrogen and oxygen atoms in total. The van der Waals surface area contributed by atoms with Gasteiger partial charge in [0.25, 0.3) is 5.91 Å². The number of allylic oxidation sites excluding steroid dienone is 1. The zero-order valence-corrected chi connectivity index (χ0v) is 23.1. The minimum absolute atomic E-state index is 0.0615. The van der Waals surface area contributed by atoms with Gasteiger partial charge in [-0.15, -0.1) is 0 Å². The lowest BCUT2D eigenvalue weighted by molar-refractivity contribution is -0.138. The molecule has 1 N–H and O–H groups in total. The van der Waals surface area contributed by atoms with E-state index in [0.717, 1.165) is 0 Å². The van der Waals surface area contributed by atoms with Gasteiger partial charge in [0.2, 0.25) is 10.0 Å². The van der Waals surface area contributed by atoms with Gasteiger partial charge in [0.15, 0.2) is 0 Å². The number of halogens is 1. The van der Waals surface area contributed by atoms with E-state index in [4.69, 9.17) is 25.5 Å². The summed E-state index contributed by atoms with van der Waals surface area (Å²) in [6.45, 7) is 5.75. The Balaban J connectivity index is 1.59. The van der Waals surface area contributed by atoms with E-state index in [1.165, 1.54) is 35.2 Å². The molecule has 0 atom stereocenters. The van der Waals surface area contributed by atoms with E-state index in [-0.39, 0.29) is 35.0 Å². The zero-order chi connectivity index (χ0) is 28.2. The van der Waals surface area contributed by atoms with Crippen molar-refractivity contribution in [1.29, 1.82) is 0 Å². The van der Waals surface area contributed by atoms with Crippen LogP contribution >= 0.6 is 11.6 Å². The van der Waals surface area contributed by atoms with Crippen molar-refractivity contribution in [3.05, 3.63) is 94.1 Å². The van der Waals surface area contributed by atoms with Crippen LogP contribution < -0.4 is 14.4 Å². The first-order valence-electron chi connectivity index (χ1n) is 12.2. The van der Waals surface area contributed by atoms with Crippen LogP contribution in [0.4, 0.5) is 5.69 Å². The maximum Gasteiger partial charge on any atom is 0.340 e. The van der Waals surface area contributed by atoms with E-state index >= 15 is 0 Å². The van der Waals surface area contributed by atoms with Crippen LogP contribution in [0.2, 0.25) is 5.02 Å². The molecular formula is C28H27ClN2O7S. The molecule has 3 aromatic rings. The molecular weight excluding hydrogens is 544 g/mol. The standard InChI is InChI=1S/C28H27ClN2O7S/c1-4-36-21-10-8-20(9-11-21)31-18(3)26(28(33)37-5-2)25(27(31)32)16-22-12-13-23(38-22)17-30-39(34,35)24-14-6-19(29)7-15-24/h6-16,30H,4-5,17H2,1-3H3/b25-16+. The number of ether oxygens (including phenoxy) is 2. The summed E-state index contributed by atoms with van der Waals surface area (Å²) in [5, 5.41) is 0.423. The maximum absolute atomic E-state index is 13.5. The van der Waals surface area contributed by atoms with Gasteiger partial charge < -0.3 is 13.9 Å². The van der Waals surface area contributed by atoms with E-state index in [1.807, 2.05) is 6.92 Å². The fraction of sp³-hybridized carbons (Fsp3) is 0.214. The van der Waals surface area contributed by atoms with E-state index in [2.05, 4.69) is 4.72 Å². The molecule has 0 radical (unpaired) electrons. The molecule has 0 unspecified atom stereocenters. The molecule has 4 rings (SSSR count). The Kier molecular flexibility index (Phi) is 8.59. The van der Waals surface area contributed by atoms with Crippen molar-refractivity contribution in [2.45, 2.75) is 32.2 Å². The smallest absolute Gasteiger partial charge is 0.340 e. The zero-order valence-electron chi connectivity index (χ0n) is 21.6. The summed E-state index contributed by atoms with van der Waals surface area (Å²) in [4.78, 5) is 27.9. The van der Waals surface area contributed by atoms with Gasteiger partial charge >= 0.3 is 5.97 Å². The average Bonchev–Trinajstić information content (AvgIpc) is 3.45. The lowest BCUT2D eigenvalue weighted by Gasteiger charge is -2.18. The minimum Gasteiger partial charge on any atom is -0.494 e. The lowest BCUT2D eigenvalue weighted by atomic mass is 10.1. The fourth-order valence-electron chi connectivity index (χ4n) is 4.02. The van der Waals surface area contributed by atoms with Crippen molar-refractivity contribution >= 4 is 45.3 Å². The molecule has 2 heterocycles. The van der Waals surface area contributed by atoms with Gasteiger partial charge in [0.1, 0.15) is 17.3 Å². The molecule has 1 aromatic heterocycles. The van der Waals surface area contributed by atoms with E-state index in [0.29, 0.717) is 34.5 Å². The average molecular weight is 571 g/mol. The molecule has 11 heteroatoms. The van der Waals surface area contributed by atoms with Crippen molar-refractivity contribution in [1.82, 2.24) is 4.72 Å². The van der Waals surface area contributed by atoms with Crippen molar-refractivity contribution in [2.24, 2.45) is 0 Å². The van der Waals surface area contributed by atoms with Gasteiger partial charge in [-0.1, -0.05) is 11.6 Å². The maximum atomic E-state index is 13.5. The summed E-state index contributed by atoms with van der Waals surface area (Å²) >= 11 is 5.84. The summed E-state index contributed by atoms with van der Waals surface area (Å²) in [5.41, 5.74) is 1.19. The van der Waals surface area contributed by atoms with Crippen LogP contribution in [0.15, 0.2) is 86.8 Å². The number of anilines is 1. The molecule has 0 bridgehead atoms. The third-order valence-corrected chi connectivity index (χ3v) is 7.48. The Bertz CT molecular complexity index is 1540. The van der Waals surface area contributed by atoms with Crippen molar-refractivity contribution in [2.75, 3.05) is 18.1 Å². The fourth-order valence-corrected chi connectivity index (χ4v) is 5.14. The normalized spacial score (nSPS) is 14.8. The Labute approximate surface area is 231 Å². The first-order chi connectivity index (χ1) is 18.6. The van der Waals surface area contributed by atoms with Gasteiger partial charge in [-0.25, -0.2) is 17.9 Å². The van der Waals surface area contributed by atoms with Crippen LogP contribution in [0.25, 0.3) is 6.08 Å². The number of furan rings is 1. The summed E-state index contributed by atoms with van der Waals surface area (Å²) in [6, 6.07) is 15.9. The molecule has 204 valence electrons. The predicted molar refractivity (Wildman–Crippen MR) is 147 cm³/mol. The van der Waals surface area contributed by atoms with Gasteiger partial charge in [-0.05, 0) is 87.5 Å². The van der Waals surface area contributed by atoms with Crippen LogP contribution in [0.3, 0.4) is 0 Å². The summed E-state index contributed by atoms with van der Waals surface area (Å²) in [5.74, 6) is 0.172. The molecule has 1 aliphatic heterocycles. The van der Waals surface area contributed by atoms with Crippen molar-refractivity contribution < 1.29 is 31.9 Å². The molecule has 0 spiro atoms. The van der Waals surface area contributed by atoms with Crippen LogP contribution in [0.5, 0.6) is 5.75 Å². The largest absolute Gasteiger partial charge is 0.494 e. The molecule has 0 aliphatic carbocycles. The molecule has 39 heavy (non-hydrogen) atoms. The highest BCUT2D eigenvalue weighted by atomic mass is 35.5. The van der Waals surface area contributed by atoms with Gasteiger partial charge in [0, 0.05) is 16.4 Å². The first kappa shape index (κ1) is 28.2. The summed E-state index contributed by atoms with van der Waals surface area (Å²) in [6.07, 6.45) is 1.45. The Morgan fingerprint density at radius 3 is 2.36 bits per heavy atom. The van der Waals surface area contributed by atoms with Crippen LogP contribution in [-0.2, 0) is 30.9 Å². The third-order valence-electron chi connectivity index (χ3n) is 5.81. The number of nitrogens with one attached hydrogen (secondary N) is 1. The summed E-state index contributed by atoms with van der Waals surface area (Å²) in [7, 11) is -3.80. The second-order valence-corrected chi connectivity index (χ2v) is 10.6. The quantitative estimate of drug-likeness (QED) is 0.267. The number of esters is 1. The highest BCUT2D eigenvalue weighted by molar-refractivity contribution is 7.89. The Morgan fingerprint density at radius 1 is 1.03 bits per heavy atom. The number of rotatable bonds is 10. The second-order valence-electron chi connectivity index (χ2n) is 8.39. The second kappa shape index (κ2) is 11.9. The van der Waals surface area contributed by atoms with E-state index < -0.39 is 21.9 Å². The Hall–Kier alpha value is -3.86. The number of amides is 1. The monoisotopic (exact) mass is 570 g/mol.